The van der Waals surface area contributed by atoms with Gasteiger partial charge in [-0.25, -0.2) is 0 Å². The van der Waals surface area contributed by atoms with Crippen LogP contribution in [0.4, 0.5) is 0 Å². The molecular formula is C44H87N3. The summed E-state index contributed by atoms with van der Waals surface area (Å²) in [5, 5.41) is 0. The first-order valence-electron chi connectivity index (χ1n) is 19.4. The maximum absolute atomic E-state index is 2.74. The third-order valence-corrected chi connectivity index (χ3v) is 10.8. The molecule has 0 aliphatic carbocycles. The molecule has 2 saturated heterocycles. The molecule has 47 heavy (non-hydrogen) atoms. The minimum Gasteiger partial charge on any atom is -0.345 e. The summed E-state index contributed by atoms with van der Waals surface area (Å²) in [7, 11) is 0. The van der Waals surface area contributed by atoms with Crippen LogP contribution >= 0.6 is 0 Å². The lowest BCUT2D eigenvalue weighted by Gasteiger charge is -2.54. The number of likely N-dealkylation sites (tertiary alicyclic amines) is 2. The third kappa shape index (κ3) is 11.6. The summed E-state index contributed by atoms with van der Waals surface area (Å²) in [6.45, 7) is 58.7. The van der Waals surface area contributed by atoms with Crippen molar-refractivity contribution in [2.24, 2.45) is 34.5 Å². The van der Waals surface area contributed by atoms with Crippen molar-refractivity contribution < 1.29 is 0 Å². The highest BCUT2D eigenvalue weighted by Crippen LogP contribution is 2.47. The third-order valence-electron chi connectivity index (χ3n) is 10.8. The van der Waals surface area contributed by atoms with Crippen molar-refractivity contribution in [3.05, 3.63) is 23.5 Å². The molecule has 2 aliphatic rings. The summed E-state index contributed by atoms with van der Waals surface area (Å²) in [4.78, 5) is 5.39. The molecule has 3 heteroatoms. The second-order valence-corrected chi connectivity index (χ2v) is 22.5. The van der Waals surface area contributed by atoms with Gasteiger partial charge in [-0.1, -0.05) is 111 Å². The van der Waals surface area contributed by atoms with Gasteiger partial charge in [-0.15, -0.1) is 0 Å². The molecule has 4 atom stereocenters. The number of hydrogen-bond acceptors (Lipinski definition) is 2. The van der Waals surface area contributed by atoms with Crippen molar-refractivity contribution in [1.82, 2.24) is 14.4 Å². The lowest BCUT2D eigenvalue weighted by atomic mass is 9.68. The molecule has 4 unspecified atom stereocenters. The van der Waals surface area contributed by atoms with Crippen LogP contribution in [0.3, 0.4) is 0 Å². The Kier molecular flexibility index (Phi) is 14.3. The lowest BCUT2D eigenvalue weighted by molar-refractivity contribution is -0.0588. The van der Waals surface area contributed by atoms with Crippen molar-refractivity contribution in [3.63, 3.8) is 0 Å². The number of nitrogens with zero attached hydrogens (tertiary/aromatic N) is 3. The Labute approximate surface area is 297 Å². The molecule has 2 aliphatic heterocycles. The summed E-state index contributed by atoms with van der Waals surface area (Å²) in [5.74, 6) is 3.40. The van der Waals surface area contributed by atoms with Gasteiger partial charge >= 0.3 is 0 Å². The number of rotatable bonds is 3. The van der Waals surface area contributed by atoms with E-state index >= 15 is 0 Å². The molecule has 0 radical (unpaired) electrons. The van der Waals surface area contributed by atoms with Gasteiger partial charge in [-0.3, -0.25) is 9.80 Å². The fraction of sp³-hybridized carbons (Fsp3) is 0.909. The molecular weight excluding hydrogens is 571 g/mol. The highest BCUT2D eigenvalue weighted by atomic mass is 15.3. The zero-order valence-corrected chi connectivity index (χ0v) is 36.7. The Bertz CT molecular complexity index is 1010. The van der Waals surface area contributed by atoms with Crippen molar-refractivity contribution in [3.8, 4) is 0 Å². The Hall–Kier alpha value is -0.800. The Balaban J connectivity index is 0.000000356. The smallest absolute Gasteiger partial charge is 0.0358 e. The Morgan fingerprint density at radius 2 is 1.11 bits per heavy atom. The number of hydrogen-bond donors (Lipinski definition) is 0. The molecule has 0 aromatic carbocycles. The zero-order chi connectivity index (χ0) is 37.5. The summed E-state index contributed by atoms with van der Waals surface area (Å²) < 4.78 is 2.44. The molecule has 0 saturated carbocycles. The quantitative estimate of drug-likeness (QED) is 0.320. The van der Waals surface area contributed by atoms with Crippen LogP contribution in [-0.2, 0) is 16.4 Å². The maximum Gasteiger partial charge on any atom is 0.0358 e. The monoisotopic (exact) mass is 658 g/mol. The van der Waals surface area contributed by atoms with Crippen LogP contribution in [0.5, 0.6) is 0 Å². The highest BCUT2D eigenvalue weighted by Gasteiger charge is 2.49. The predicted molar refractivity (Wildman–Crippen MR) is 213 cm³/mol. The first-order valence-corrected chi connectivity index (χ1v) is 19.4. The van der Waals surface area contributed by atoms with E-state index in [2.05, 4.69) is 193 Å². The molecule has 1 aromatic heterocycles. The zero-order valence-electron chi connectivity index (χ0n) is 36.7. The van der Waals surface area contributed by atoms with E-state index in [0.29, 0.717) is 16.9 Å². The van der Waals surface area contributed by atoms with Crippen molar-refractivity contribution in [2.45, 2.75) is 213 Å². The van der Waals surface area contributed by atoms with Gasteiger partial charge in [-0.2, -0.15) is 0 Å². The minimum absolute atomic E-state index is 0.145. The topological polar surface area (TPSA) is 11.4 Å². The van der Waals surface area contributed by atoms with Gasteiger partial charge < -0.3 is 4.57 Å². The molecule has 0 amide bonds. The number of aromatic nitrogens is 1. The van der Waals surface area contributed by atoms with Gasteiger partial charge in [0, 0.05) is 53.1 Å². The summed E-state index contributed by atoms with van der Waals surface area (Å²) in [6.07, 6.45) is 3.60. The van der Waals surface area contributed by atoms with E-state index in [1.165, 1.54) is 30.8 Å². The second kappa shape index (κ2) is 15.2. The summed E-state index contributed by atoms with van der Waals surface area (Å²) >= 11 is 0. The first kappa shape index (κ1) is 44.2. The van der Waals surface area contributed by atoms with Crippen LogP contribution in [0.25, 0.3) is 0 Å². The van der Waals surface area contributed by atoms with E-state index in [1.807, 2.05) is 0 Å². The van der Waals surface area contributed by atoms with Crippen LogP contribution in [0, 0.1) is 34.5 Å². The molecule has 278 valence electrons. The average Bonchev–Trinajstić information content (AvgIpc) is 3.43. The SMILES string of the molecule is CC(C)(C)C1CCN(C(C)(C)C)C1C(C)(C)C.CC(C)(C)c1ccn(C(C)(C)C)c1C(C)(C)C.CC(C)C1CN(C(C)C)C1C(C)C. The van der Waals surface area contributed by atoms with Crippen LogP contribution in [0.2, 0.25) is 0 Å². The van der Waals surface area contributed by atoms with Crippen LogP contribution in [0.1, 0.15) is 184 Å². The Morgan fingerprint density at radius 1 is 0.617 bits per heavy atom. The molecule has 2 fully saturated rings. The fourth-order valence-corrected chi connectivity index (χ4v) is 8.50. The van der Waals surface area contributed by atoms with Crippen LogP contribution in [-0.4, -0.2) is 51.1 Å². The standard InChI is InChI=1S/C16H33N.C16H29N.C12H25N/c2*1-14(2,3)12-10-11-17(16(7,8)9)13(12)15(4,5)6;1-8(2)11-7-13(10(5)6)12(11)9(3)4/h12-13H,10-11H2,1-9H3;10-11H,1-9H3;8-12H,7H2,1-6H3. The van der Waals surface area contributed by atoms with Crippen molar-refractivity contribution >= 4 is 0 Å². The van der Waals surface area contributed by atoms with Gasteiger partial charge in [0.25, 0.3) is 0 Å². The highest BCUT2D eigenvalue weighted by molar-refractivity contribution is 5.35. The first-order chi connectivity index (χ1) is 20.6. The molecule has 3 heterocycles. The minimum atomic E-state index is 0.145. The fourth-order valence-electron chi connectivity index (χ4n) is 8.50. The van der Waals surface area contributed by atoms with E-state index in [0.717, 1.165) is 35.8 Å². The Morgan fingerprint density at radius 3 is 1.40 bits per heavy atom. The predicted octanol–water partition coefficient (Wildman–Crippen LogP) is 12.4. The van der Waals surface area contributed by atoms with Crippen LogP contribution < -0.4 is 0 Å². The molecule has 0 bridgehead atoms. The van der Waals surface area contributed by atoms with E-state index in [1.54, 1.807) is 0 Å². The van der Waals surface area contributed by atoms with Gasteiger partial charge in [0.15, 0.2) is 0 Å². The van der Waals surface area contributed by atoms with Gasteiger partial charge in [0.05, 0.1) is 0 Å². The largest absolute Gasteiger partial charge is 0.345 e. The van der Waals surface area contributed by atoms with E-state index in [-0.39, 0.29) is 21.9 Å². The molecule has 3 nitrogen and oxygen atoms in total. The molecule has 1 aromatic rings. The van der Waals surface area contributed by atoms with E-state index in [9.17, 15) is 0 Å². The van der Waals surface area contributed by atoms with Crippen LogP contribution in [0.15, 0.2) is 12.3 Å². The lowest BCUT2D eigenvalue weighted by Crippen LogP contribution is -2.62. The summed E-state index contributed by atoms with van der Waals surface area (Å²) in [5.41, 5.74) is 4.54. The summed E-state index contributed by atoms with van der Waals surface area (Å²) in [6, 6.07) is 4.55. The van der Waals surface area contributed by atoms with Gasteiger partial charge in [-0.05, 0) is 120 Å². The van der Waals surface area contributed by atoms with E-state index < -0.39 is 0 Å². The second-order valence-electron chi connectivity index (χ2n) is 22.5. The van der Waals surface area contributed by atoms with Gasteiger partial charge in [0.2, 0.25) is 0 Å². The van der Waals surface area contributed by atoms with Crippen molar-refractivity contribution in [2.75, 3.05) is 13.1 Å². The maximum atomic E-state index is 2.74. The van der Waals surface area contributed by atoms with E-state index in [4.69, 9.17) is 0 Å². The average molecular weight is 658 g/mol. The molecule has 3 rings (SSSR count). The van der Waals surface area contributed by atoms with Gasteiger partial charge in [0.1, 0.15) is 0 Å². The molecule has 0 spiro atoms. The normalized spacial score (nSPS) is 23.9. The van der Waals surface area contributed by atoms with Crippen molar-refractivity contribution in [1.29, 1.82) is 0 Å². The molecule has 0 N–H and O–H groups in total.